The number of carbonyl (C=O) groups excluding carboxylic acids is 3. The molecule has 2 heterocycles. The van der Waals surface area contributed by atoms with Crippen LogP contribution in [-0.4, -0.2) is 49.4 Å². The largest absolute Gasteiger partial charge is 0.459 e. The summed E-state index contributed by atoms with van der Waals surface area (Å²) in [7, 11) is -2.10. The fourth-order valence-corrected chi connectivity index (χ4v) is 4.81. The van der Waals surface area contributed by atoms with E-state index >= 15 is 0 Å². The maximum atomic E-state index is 12.8. The molecule has 4 atom stereocenters. The third-order valence-corrected chi connectivity index (χ3v) is 10.7. The molecule has 0 radical (unpaired) electrons. The van der Waals surface area contributed by atoms with Gasteiger partial charge in [0.15, 0.2) is 14.5 Å². The second kappa shape index (κ2) is 7.57. The Morgan fingerprint density at radius 1 is 1.21 bits per heavy atom. The van der Waals surface area contributed by atoms with Crippen molar-refractivity contribution in [3.63, 3.8) is 0 Å². The number of benzene rings is 1. The highest BCUT2D eigenvalue weighted by Gasteiger charge is 2.64. The number of esters is 2. The van der Waals surface area contributed by atoms with Crippen LogP contribution in [0.25, 0.3) is 0 Å². The van der Waals surface area contributed by atoms with Gasteiger partial charge in [-0.25, -0.2) is 9.59 Å². The lowest BCUT2D eigenvalue weighted by molar-refractivity contribution is -0.187. The lowest BCUT2D eigenvalue weighted by atomic mass is 9.90. The van der Waals surface area contributed by atoms with Gasteiger partial charge in [0, 0.05) is 0 Å². The molecule has 1 aromatic carbocycles. The average Bonchev–Trinajstić information content (AvgIpc) is 2.91. The highest BCUT2D eigenvalue weighted by Crippen LogP contribution is 2.43. The lowest BCUT2D eigenvalue weighted by Gasteiger charge is -2.47. The van der Waals surface area contributed by atoms with Crippen molar-refractivity contribution in [1.82, 2.24) is 4.90 Å². The normalized spacial score (nSPS) is 25.2. The fourth-order valence-electron chi connectivity index (χ4n) is 3.38. The van der Waals surface area contributed by atoms with E-state index in [0.717, 1.165) is 5.56 Å². The average molecular weight is 420 g/mol. The van der Waals surface area contributed by atoms with Gasteiger partial charge < -0.3 is 13.9 Å². The van der Waals surface area contributed by atoms with Crippen LogP contribution in [-0.2, 0) is 34.9 Å². The van der Waals surface area contributed by atoms with Gasteiger partial charge in [-0.05, 0) is 30.6 Å². The summed E-state index contributed by atoms with van der Waals surface area (Å²) in [4.78, 5) is 38.7. The van der Waals surface area contributed by atoms with E-state index in [2.05, 4.69) is 33.9 Å². The molecule has 8 heteroatoms. The van der Waals surface area contributed by atoms with Gasteiger partial charge in [0.1, 0.15) is 12.5 Å². The molecule has 0 saturated carbocycles. The Labute approximate surface area is 172 Å². The van der Waals surface area contributed by atoms with E-state index in [9.17, 15) is 14.4 Å². The Kier molecular flexibility index (Phi) is 5.61. The molecule has 0 bridgehead atoms. The number of nitrogens with zero attached hydrogens (tertiary/aromatic N) is 1. The quantitative estimate of drug-likeness (QED) is 0.305. The molecule has 1 amide bonds. The van der Waals surface area contributed by atoms with Crippen LogP contribution in [0.4, 0.5) is 0 Å². The SMILES string of the molecule is C[C@@H](O[Si](C)(C)C(C)(C)C)[C@@H]1C(=O)N2[C@@H](C(=O)OCc3ccccc3)C(=O)O[C@H]12. The van der Waals surface area contributed by atoms with Crippen LogP contribution >= 0.6 is 0 Å². The van der Waals surface area contributed by atoms with Gasteiger partial charge in [-0.1, -0.05) is 51.1 Å². The number of fused-ring (bicyclic) bond motifs is 1. The second-order valence-corrected chi connectivity index (χ2v) is 13.9. The molecule has 2 saturated heterocycles. The molecule has 0 aromatic heterocycles. The lowest BCUT2D eigenvalue weighted by Crippen LogP contribution is -2.66. The standard InChI is InChI=1S/C21H29NO6Si/c1-13(28-29(5,6)21(2,3)4)15-17(23)22-16(20(25)27-18(15)22)19(24)26-12-14-10-8-7-9-11-14/h7-11,13,15-16,18H,12H2,1-6H3/t13-,15-,16+,18-/m1/s1. The molecule has 0 spiro atoms. The molecule has 0 aliphatic carbocycles. The van der Waals surface area contributed by atoms with E-state index in [0.29, 0.717) is 0 Å². The summed E-state index contributed by atoms with van der Waals surface area (Å²) in [6.45, 7) is 12.4. The molecule has 29 heavy (non-hydrogen) atoms. The summed E-state index contributed by atoms with van der Waals surface area (Å²) < 4.78 is 16.9. The summed E-state index contributed by atoms with van der Waals surface area (Å²) in [6.07, 6.45) is -1.18. The van der Waals surface area contributed by atoms with E-state index in [1.165, 1.54) is 4.90 Å². The Hall–Kier alpha value is -2.19. The summed E-state index contributed by atoms with van der Waals surface area (Å²) in [6, 6.07) is 7.80. The molecule has 1 aromatic rings. The third-order valence-electron chi connectivity index (χ3n) is 6.10. The number of hydrogen-bond donors (Lipinski definition) is 0. The van der Waals surface area contributed by atoms with E-state index < -0.39 is 44.5 Å². The minimum absolute atomic E-state index is 0.0100. The molecule has 0 unspecified atom stereocenters. The number of ether oxygens (including phenoxy) is 2. The van der Waals surface area contributed by atoms with Gasteiger partial charge in [-0.3, -0.25) is 9.69 Å². The number of rotatable bonds is 6. The minimum atomic E-state index is -2.10. The van der Waals surface area contributed by atoms with Crippen molar-refractivity contribution in [3.8, 4) is 0 Å². The zero-order chi connectivity index (χ0) is 21.6. The first-order valence-corrected chi connectivity index (χ1v) is 12.8. The number of hydrogen-bond acceptors (Lipinski definition) is 6. The predicted octanol–water partition coefficient (Wildman–Crippen LogP) is 2.85. The Morgan fingerprint density at radius 2 is 1.83 bits per heavy atom. The Balaban J connectivity index is 1.64. The Morgan fingerprint density at radius 3 is 2.41 bits per heavy atom. The van der Waals surface area contributed by atoms with E-state index in [-0.39, 0.29) is 17.6 Å². The Bertz CT molecular complexity index is 803. The second-order valence-electron chi connectivity index (χ2n) is 9.18. The molecular formula is C21H29NO6Si. The van der Waals surface area contributed by atoms with Gasteiger partial charge in [-0.2, -0.15) is 0 Å². The smallest absolute Gasteiger partial charge is 0.342 e. The zero-order valence-corrected chi connectivity index (χ0v) is 18.8. The maximum absolute atomic E-state index is 12.8. The maximum Gasteiger partial charge on any atom is 0.342 e. The van der Waals surface area contributed by atoms with Crippen LogP contribution in [0.2, 0.25) is 18.1 Å². The first kappa shape index (κ1) is 21.5. The van der Waals surface area contributed by atoms with Crippen molar-refractivity contribution in [2.75, 3.05) is 0 Å². The molecule has 0 N–H and O–H groups in total. The monoisotopic (exact) mass is 419 g/mol. The van der Waals surface area contributed by atoms with Crippen LogP contribution in [0.1, 0.15) is 33.3 Å². The molecule has 2 aliphatic heterocycles. The number of β-lactam (4-membered cyclic amide) rings is 1. The highest BCUT2D eigenvalue weighted by molar-refractivity contribution is 6.74. The summed E-state index contributed by atoms with van der Waals surface area (Å²) in [5, 5.41) is -0.0100. The number of amides is 1. The van der Waals surface area contributed by atoms with Crippen molar-refractivity contribution >= 4 is 26.2 Å². The first-order chi connectivity index (χ1) is 13.4. The van der Waals surface area contributed by atoms with E-state index in [1.807, 2.05) is 37.3 Å². The molecule has 2 fully saturated rings. The first-order valence-electron chi connectivity index (χ1n) is 9.85. The van der Waals surface area contributed by atoms with Gasteiger partial charge >= 0.3 is 11.9 Å². The molecule has 3 rings (SSSR count). The van der Waals surface area contributed by atoms with Gasteiger partial charge in [0.2, 0.25) is 11.9 Å². The van der Waals surface area contributed by atoms with E-state index in [4.69, 9.17) is 13.9 Å². The molecular weight excluding hydrogens is 390 g/mol. The van der Waals surface area contributed by atoms with Gasteiger partial charge in [0.25, 0.3) is 0 Å². The van der Waals surface area contributed by atoms with Gasteiger partial charge in [0.05, 0.1) is 6.10 Å². The molecule has 2 aliphatic rings. The number of carbonyl (C=O) groups is 3. The van der Waals surface area contributed by atoms with Crippen molar-refractivity contribution in [2.45, 2.75) is 70.8 Å². The van der Waals surface area contributed by atoms with Crippen molar-refractivity contribution in [1.29, 1.82) is 0 Å². The summed E-state index contributed by atoms with van der Waals surface area (Å²) in [5.74, 6) is -2.43. The minimum Gasteiger partial charge on any atom is -0.459 e. The highest BCUT2D eigenvalue weighted by atomic mass is 28.4. The summed E-state index contributed by atoms with van der Waals surface area (Å²) >= 11 is 0. The molecule has 7 nitrogen and oxygen atoms in total. The summed E-state index contributed by atoms with van der Waals surface area (Å²) in [5.41, 5.74) is 0.799. The van der Waals surface area contributed by atoms with Crippen molar-refractivity contribution in [2.24, 2.45) is 5.92 Å². The third kappa shape index (κ3) is 3.96. The van der Waals surface area contributed by atoms with Crippen LogP contribution in [0.3, 0.4) is 0 Å². The van der Waals surface area contributed by atoms with Gasteiger partial charge in [-0.15, -0.1) is 0 Å². The molecule has 158 valence electrons. The van der Waals surface area contributed by atoms with Crippen LogP contribution in [0.5, 0.6) is 0 Å². The van der Waals surface area contributed by atoms with Crippen LogP contribution < -0.4 is 0 Å². The van der Waals surface area contributed by atoms with Crippen LogP contribution in [0.15, 0.2) is 30.3 Å². The zero-order valence-electron chi connectivity index (χ0n) is 17.8. The van der Waals surface area contributed by atoms with Crippen molar-refractivity contribution < 1.29 is 28.3 Å². The van der Waals surface area contributed by atoms with Crippen molar-refractivity contribution in [3.05, 3.63) is 35.9 Å². The fraction of sp³-hybridized carbons (Fsp3) is 0.571. The van der Waals surface area contributed by atoms with E-state index in [1.54, 1.807) is 0 Å². The van der Waals surface area contributed by atoms with Crippen LogP contribution in [0, 0.1) is 5.92 Å². The topological polar surface area (TPSA) is 82.1 Å². The predicted molar refractivity (Wildman–Crippen MR) is 108 cm³/mol.